The number of nitrogens with zero attached hydrogens (tertiary/aromatic N) is 7. The first-order valence-corrected chi connectivity index (χ1v) is 11.2. The van der Waals surface area contributed by atoms with E-state index in [1.165, 1.54) is 21.9 Å². The molecule has 0 aliphatic carbocycles. The van der Waals surface area contributed by atoms with Crippen LogP contribution in [0.2, 0.25) is 0 Å². The lowest BCUT2D eigenvalue weighted by Crippen LogP contribution is -1.98. The Labute approximate surface area is 209 Å². The number of hydrogen-bond donors (Lipinski definition) is 3. The van der Waals surface area contributed by atoms with Gasteiger partial charge >= 0.3 is 5.69 Å². The number of phenolic OH excluding ortho intramolecular Hbond substituents is 2. The van der Waals surface area contributed by atoms with Gasteiger partial charge in [0.15, 0.2) is 17.2 Å². The van der Waals surface area contributed by atoms with Crippen molar-refractivity contribution in [2.24, 2.45) is 10.2 Å². The number of anilines is 1. The lowest BCUT2D eigenvalue weighted by molar-refractivity contribution is -0.394. The number of nitrogens with two attached hydrogens (primary N) is 1. The second-order valence-corrected chi connectivity index (χ2v) is 8.48. The van der Waals surface area contributed by atoms with Gasteiger partial charge in [0.1, 0.15) is 11.4 Å². The Bertz CT molecular complexity index is 1730. The van der Waals surface area contributed by atoms with E-state index in [1.54, 1.807) is 24.3 Å². The molecular weight excluding hydrogens is 504 g/mol. The molecule has 0 saturated carbocycles. The van der Waals surface area contributed by atoms with Crippen LogP contribution in [-0.4, -0.2) is 34.7 Å². The van der Waals surface area contributed by atoms with Crippen LogP contribution < -0.4 is 5.73 Å². The zero-order chi connectivity index (χ0) is 26.3. The highest BCUT2D eigenvalue weighted by Crippen LogP contribution is 2.42. The fraction of sp³-hybridized carbons (Fsp3) is 0. The standard InChI is InChI=1S/C22H14N8O6S/c23-21-19(26-25-14-8-11(29(33)34)9-16(20(14)32)30(35)36)22-24-13(12-4-1-2-5-17(12)31)10-15(28(22)27-21)18-6-3-7-37-18/h1-10,31-32H,(H2,23,27). The lowest BCUT2D eigenvalue weighted by atomic mass is 10.1. The quantitative estimate of drug-likeness (QED) is 0.150. The Hall–Kier alpha value is -5.44. The van der Waals surface area contributed by atoms with Gasteiger partial charge in [-0.05, 0) is 29.6 Å². The third-order valence-corrected chi connectivity index (χ3v) is 6.16. The summed E-state index contributed by atoms with van der Waals surface area (Å²) < 4.78 is 1.43. The highest BCUT2D eigenvalue weighted by atomic mass is 32.1. The second-order valence-electron chi connectivity index (χ2n) is 7.54. The van der Waals surface area contributed by atoms with Crippen molar-refractivity contribution in [1.29, 1.82) is 0 Å². The van der Waals surface area contributed by atoms with Gasteiger partial charge in [-0.3, -0.25) is 20.2 Å². The molecule has 0 atom stereocenters. The number of azo groups is 1. The van der Waals surface area contributed by atoms with Crippen LogP contribution in [0.4, 0.5) is 28.6 Å². The van der Waals surface area contributed by atoms with E-state index in [4.69, 9.17) is 5.73 Å². The van der Waals surface area contributed by atoms with Crippen molar-refractivity contribution < 1.29 is 20.1 Å². The molecule has 0 amide bonds. The molecule has 37 heavy (non-hydrogen) atoms. The largest absolute Gasteiger partial charge is 0.507 e. The fourth-order valence-corrected chi connectivity index (χ4v) is 4.29. The number of nitrogen functional groups attached to an aromatic ring is 1. The predicted molar refractivity (Wildman–Crippen MR) is 133 cm³/mol. The number of hydrogen-bond acceptors (Lipinski definition) is 12. The molecule has 3 aromatic heterocycles. The number of aromatic nitrogens is 3. The number of nitro groups is 2. The molecule has 4 N–H and O–H groups in total. The third kappa shape index (κ3) is 4.14. The molecule has 3 heterocycles. The van der Waals surface area contributed by atoms with Crippen LogP contribution in [0.15, 0.2) is 70.2 Å². The highest BCUT2D eigenvalue weighted by Gasteiger charge is 2.25. The SMILES string of the molecule is Nc1nn2c(-c3cccs3)cc(-c3ccccc3O)nc2c1N=Nc1cc([N+](=O)[O-])cc([N+](=O)[O-])c1O. The van der Waals surface area contributed by atoms with E-state index in [0.717, 1.165) is 10.9 Å². The number of fused-ring (bicyclic) bond motifs is 1. The number of aromatic hydroxyl groups is 2. The zero-order valence-corrected chi connectivity index (χ0v) is 19.2. The normalized spacial score (nSPS) is 11.4. The molecule has 0 bridgehead atoms. The molecule has 2 aromatic carbocycles. The topological polar surface area (TPSA) is 208 Å². The van der Waals surface area contributed by atoms with E-state index < -0.39 is 32.7 Å². The molecule has 5 rings (SSSR count). The second kappa shape index (κ2) is 8.97. The molecular formula is C22H14N8O6S. The number of rotatable bonds is 6. The van der Waals surface area contributed by atoms with Gasteiger partial charge in [0.05, 0.1) is 32.2 Å². The van der Waals surface area contributed by atoms with Crippen molar-refractivity contribution in [2.75, 3.05) is 5.73 Å². The van der Waals surface area contributed by atoms with Gasteiger partial charge in [-0.15, -0.1) is 26.7 Å². The first kappa shape index (κ1) is 23.3. The summed E-state index contributed by atoms with van der Waals surface area (Å²) in [5.41, 5.74) is 5.48. The summed E-state index contributed by atoms with van der Waals surface area (Å²) in [7, 11) is 0. The summed E-state index contributed by atoms with van der Waals surface area (Å²) in [6.07, 6.45) is 0. The van der Waals surface area contributed by atoms with Crippen molar-refractivity contribution in [3.05, 3.63) is 80.2 Å². The molecule has 0 fully saturated rings. The Morgan fingerprint density at radius 1 is 1.00 bits per heavy atom. The summed E-state index contributed by atoms with van der Waals surface area (Å²) in [6.45, 7) is 0. The molecule has 0 spiro atoms. The molecule has 0 aliphatic rings. The van der Waals surface area contributed by atoms with Gasteiger partial charge in [0.25, 0.3) is 5.69 Å². The Kier molecular flexibility index (Phi) is 5.65. The van der Waals surface area contributed by atoms with Crippen molar-refractivity contribution >= 4 is 45.6 Å². The maximum Gasteiger partial charge on any atom is 0.319 e. The maximum atomic E-state index is 11.2. The van der Waals surface area contributed by atoms with E-state index in [2.05, 4.69) is 20.3 Å². The van der Waals surface area contributed by atoms with E-state index >= 15 is 0 Å². The number of non-ortho nitro benzene ring substituents is 1. The van der Waals surface area contributed by atoms with E-state index in [-0.39, 0.29) is 22.9 Å². The minimum Gasteiger partial charge on any atom is -0.507 e. The Morgan fingerprint density at radius 3 is 2.46 bits per heavy atom. The molecule has 5 aromatic rings. The van der Waals surface area contributed by atoms with Crippen LogP contribution in [0, 0.1) is 20.2 Å². The number of benzene rings is 2. The average Bonchev–Trinajstić information content (AvgIpc) is 3.50. The van der Waals surface area contributed by atoms with Crippen LogP contribution in [-0.2, 0) is 0 Å². The van der Waals surface area contributed by atoms with Crippen molar-refractivity contribution in [2.45, 2.75) is 0 Å². The van der Waals surface area contributed by atoms with Crippen LogP contribution in [0.1, 0.15) is 0 Å². The molecule has 15 heteroatoms. The first-order chi connectivity index (χ1) is 17.7. The number of nitro benzene ring substituents is 2. The van der Waals surface area contributed by atoms with Gasteiger partial charge in [0, 0.05) is 11.6 Å². The maximum absolute atomic E-state index is 11.2. The van der Waals surface area contributed by atoms with Crippen LogP contribution in [0.5, 0.6) is 11.5 Å². The summed E-state index contributed by atoms with van der Waals surface area (Å²) in [6, 6.07) is 13.5. The van der Waals surface area contributed by atoms with Gasteiger partial charge in [0.2, 0.25) is 5.75 Å². The van der Waals surface area contributed by atoms with Gasteiger partial charge < -0.3 is 15.9 Å². The third-order valence-electron chi connectivity index (χ3n) is 5.26. The first-order valence-electron chi connectivity index (χ1n) is 10.3. The molecule has 0 aliphatic heterocycles. The zero-order valence-electron chi connectivity index (χ0n) is 18.4. The van der Waals surface area contributed by atoms with Crippen molar-refractivity contribution in [3.63, 3.8) is 0 Å². The monoisotopic (exact) mass is 518 g/mol. The molecule has 14 nitrogen and oxygen atoms in total. The molecule has 0 unspecified atom stereocenters. The lowest BCUT2D eigenvalue weighted by Gasteiger charge is -2.08. The van der Waals surface area contributed by atoms with Crippen LogP contribution >= 0.6 is 11.3 Å². The van der Waals surface area contributed by atoms with Gasteiger partial charge in [-0.2, -0.15) is 0 Å². The van der Waals surface area contributed by atoms with Gasteiger partial charge in [-0.25, -0.2) is 9.50 Å². The van der Waals surface area contributed by atoms with E-state index in [1.807, 2.05) is 17.5 Å². The van der Waals surface area contributed by atoms with E-state index in [0.29, 0.717) is 23.0 Å². The predicted octanol–water partition coefficient (Wildman–Crippen LogP) is 5.35. The van der Waals surface area contributed by atoms with Gasteiger partial charge in [-0.1, -0.05) is 18.2 Å². The van der Waals surface area contributed by atoms with Crippen LogP contribution in [0.3, 0.4) is 0 Å². The highest BCUT2D eigenvalue weighted by molar-refractivity contribution is 7.13. The smallest absolute Gasteiger partial charge is 0.319 e. The summed E-state index contributed by atoms with van der Waals surface area (Å²) in [4.78, 5) is 26.0. The summed E-state index contributed by atoms with van der Waals surface area (Å²) in [5.74, 6) is -1.03. The Morgan fingerprint density at radius 2 is 1.78 bits per heavy atom. The number of thiophene rings is 1. The van der Waals surface area contributed by atoms with E-state index in [9.17, 15) is 30.4 Å². The Balaban J connectivity index is 1.73. The molecule has 0 radical (unpaired) electrons. The minimum atomic E-state index is -0.974. The molecule has 0 saturated heterocycles. The minimum absolute atomic E-state index is 0.0130. The fourth-order valence-electron chi connectivity index (χ4n) is 3.56. The molecule has 184 valence electrons. The summed E-state index contributed by atoms with van der Waals surface area (Å²) >= 11 is 1.43. The van der Waals surface area contributed by atoms with Crippen LogP contribution in [0.25, 0.3) is 27.5 Å². The number of para-hydroxylation sites is 1. The average molecular weight is 518 g/mol. The number of phenols is 2. The van der Waals surface area contributed by atoms with Crippen molar-refractivity contribution in [1.82, 2.24) is 14.6 Å². The summed E-state index contributed by atoms with van der Waals surface area (Å²) in [5, 5.41) is 57.1. The van der Waals surface area contributed by atoms with Crippen molar-refractivity contribution in [3.8, 4) is 33.3 Å².